The number of aromatic nitrogens is 1. The lowest BCUT2D eigenvalue weighted by Crippen LogP contribution is -2.33. The molecule has 0 aliphatic carbocycles. The van der Waals surface area contributed by atoms with Crippen LogP contribution in [-0.4, -0.2) is 28.9 Å². The van der Waals surface area contributed by atoms with E-state index >= 15 is 0 Å². The van der Waals surface area contributed by atoms with Gasteiger partial charge < -0.3 is 4.90 Å². The molecule has 1 amide bonds. The predicted molar refractivity (Wildman–Crippen MR) is 79.0 cm³/mol. The van der Waals surface area contributed by atoms with Crippen molar-refractivity contribution in [1.82, 2.24) is 9.88 Å². The normalized spacial score (nSPS) is 14.6. The molecule has 0 atom stereocenters. The number of benzene rings is 1. The summed E-state index contributed by atoms with van der Waals surface area (Å²) in [4.78, 5) is 18.3. The Labute approximate surface area is 123 Å². The first-order valence-corrected chi connectivity index (χ1v) is 7.09. The standard InChI is InChI=1S/C16H15ClN2O/c17-15-6-5-14(11-18-15)16(20)19-9-7-12-3-1-2-4-13(12)8-10-19/h1-6,11H,7-10H2. The summed E-state index contributed by atoms with van der Waals surface area (Å²) in [5.74, 6) is 0.0296. The Bertz CT molecular complexity index is 598. The molecule has 102 valence electrons. The van der Waals surface area contributed by atoms with Gasteiger partial charge in [-0.1, -0.05) is 35.9 Å². The Hall–Kier alpha value is -1.87. The van der Waals surface area contributed by atoms with Crippen molar-refractivity contribution in [3.05, 3.63) is 64.4 Å². The first kappa shape index (κ1) is 13.1. The van der Waals surface area contributed by atoms with Crippen LogP contribution in [0.15, 0.2) is 42.6 Å². The Morgan fingerprint density at radius 1 is 1.05 bits per heavy atom. The van der Waals surface area contributed by atoms with Crippen molar-refractivity contribution >= 4 is 17.5 Å². The zero-order valence-electron chi connectivity index (χ0n) is 11.1. The van der Waals surface area contributed by atoms with Crippen LogP contribution >= 0.6 is 11.6 Å². The molecule has 4 heteroatoms. The van der Waals surface area contributed by atoms with Crippen molar-refractivity contribution < 1.29 is 4.79 Å². The zero-order chi connectivity index (χ0) is 13.9. The van der Waals surface area contributed by atoms with E-state index in [4.69, 9.17) is 11.6 Å². The van der Waals surface area contributed by atoms with Crippen LogP contribution in [0.3, 0.4) is 0 Å². The number of carbonyl (C=O) groups excluding carboxylic acids is 1. The van der Waals surface area contributed by atoms with Gasteiger partial charge in [-0.15, -0.1) is 0 Å². The molecule has 1 aromatic heterocycles. The fraction of sp³-hybridized carbons (Fsp3) is 0.250. The van der Waals surface area contributed by atoms with Crippen molar-refractivity contribution in [2.75, 3.05) is 13.1 Å². The van der Waals surface area contributed by atoms with Crippen LogP contribution in [0, 0.1) is 0 Å². The van der Waals surface area contributed by atoms with Gasteiger partial charge in [0.2, 0.25) is 0 Å². The molecule has 1 aliphatic rings. The van der Waals surface area contributed by atoms with Gasteiger partial charge in [-0.2, -0.15) is 0 Å². The Morgan fingerprint density at radius 3 is 2.25 bits per heavy atom. The second kappa shape index (κ2) is 5.63. The van der Waals surface area contributed by atoms with Crippen LogP contribution in [0.5, 0.6) is 0 Å². The van der Waals surface area contributed by atoms with E-state index in [2.05, 4.69) is 29.2 Å². The Balaban J connectivity index is 1.76. The highest BCUT2D eigenvalue weighted by Gasteiger charge is 2.19. The molecule has 1 aliphatic heterocycles. The quantitative estimate of drug-likeness (QED) is 0.755. The van der Waals surface area contributed by atoms with E-state index in [0.717, 1.165) is 25.9 Å². The fourth-order valence-electron chi connectivity index (χ4n) is 2.56. The van der Waals surface area contributed by atoms with E-state index in [1.807, 2.05) is 4.90 Å². The van der Waals surface area contributed by atoms with Crippen LogP contribution in [-0.2, 0) is 12.8 Å². The van der Waals surface area contributed by atoms with Crippen molar-refractivity contribution in [1.29, 1.82) is 0 Å². The maximum absolute atomic E-state index is 12.5. The van der Waals surface area contributed by atoms with Crippen LogP contribution in [0.25, 0.3) is 0 Å². The minimum Gasteiger partial charge on any atom is -0.338 e. The highest BCUT2D eigenvalue weighted by atomic mass is 35.5. The summed E-state index contributed by atoms with van der Waals surface area (Å²) in [7, 11) is 0. The van der Waals surface area contributed by atoms with Crippen molar-refractivity contribution in [3.8, 4) is 0 Å². The lowest BCUT2D eigenvalue weighted by molar-refractivity contribution is 0.0762. The number of carbonyl (C=O) groups is 1. The summed E-state index contributed by atoms with van der Waals surface area (Å²) in [6, 6.07) is 11.8. The molecule has 0 fully saturated rings. The molecule has 3 rings (SSSR count). The molecule has 0 spiro atoms. The third-order valence-electron chi connectivity index (χ3n) is 3.68. The molecule has 2 aromatic rings. The summed E-state index contributed by atoms with van der Waals surface area (Å²) < 4.78 is 0. The molecule has 3 nitrogen and oxygen atoms in total. The highest BCUT2D eigenvalue weighted by Crippen LogP contribution is 2.17. The Kier molecular flexibility index (Phi) is 3.70. The monoisotopic (exact) mass is 286 g/mol. The molecule has 20 heavy (non-hydrogen) atoms. The number of amides is 1. The van der Waals surface area contributed by atoms with Crippen molar-refractivity contribution in [2.24, 2.45) is 0 Å². The van der Waals surface area contributed by atoms with E-state index < -0.39 is 0 Å². The molecule has 0 N–H and O–H groups in total. The first-order chi connectivity index (χ1) is 9.74. The predicted octanol–water partition coefficient (Wildman–Crippen LogP) is 2.98. The summed E-state index contributed by atoms with van der Waals surface area (Å²) in [6.07, 6.45) is 3.36. The van der Waals surface area contributed by atoms with Gasteiger partial charge in [0.1, 0.15) is 5.15 Å². The molecular formula is C16H15ClN2O. The molecular weight excluding hydrogens is 272 g/mol. The summed E-state index contributed by atoms with van der Waals surface area (Å²) >= 11 is 5.75. The van der Waals surface area contributed by atoms with E-state index in [-0.39, 0.29) is 5.91 Å². The van der Waals surface area contributed by atoms with Crippen LogP contribution < -0.4 is 0 Å². The second-order valence-corrected chi connectivity index (χ2v) is 5.32. The summed E-state index contributed by atoms with van der Waals surface area (Å²) in [5.41, 5.74) is 3.29. The molecule has 0 radical (unpaired) electrons. The largest absolute Gasteiger partial charge is 0.338 e. The van der Waals surface area contributed by atoms with Crippen LogP contribution in [0.4, 0.5) is 0 Å². The van der Waals surface area contributed by atoms with Gasteiger partial charge in [-0.05, 0) is 36.1 Å². The number of rotatable bonds is 1. The van der Waals surface area contributed by atoms with E-state index in [1.165, 1.54) is 11.1 Å². The molecule has 0 saturated heterocycles. The van der Waals surface area contributed by atoms with Gasteiger partial charge in [0.05, 0.1) is 5.56 Å². The number of hydrogen-bond acceptors (Lipinski definition) is 2. The number of halogens is 1. The first-order valence-electron chi connectivity index (χ1n) is 6.71. The lowest BCUT2D eigenvalue weighted by atomic mass is 10.0. The van der Waals surface area contributed by atoms with Gasteiger partial charge in [-0.3, -0.25) is 4.79 Å². The van der Waals surface area contributed by atoms with Gasteiger partial charge >= 0.3 is 0 Å². The summed E-state index contributed by atoms with van der Waals surface area (Å²) in [5, 5.41) is 0.407. The average molecular weight is 287 g/mol. The SMILES string of the molecule is O=C(c1ccc(Cl)nc1)N1CCc2ccccc2CC1. The third kappa shape index (κ3) is 2.68. The number of nitrogens with zero attached hydrogens (tertiary/aromatic N) is 2. The summed E-state index contributed by atoms with van der Waals surface area (Å²) in [6.45, 7) is 1.50. The minimum absolute atomic E-state index is 0.0296. The van der Waals surface area contributed by atoms with E-state index in [0.29, 0.717) is 10.7 Å². The molecule has 0 saturated carbocycles. The van der Waals surface area contributed by atoms with Crippen molar-refractivity contribution in [2.45, 2.75) is 12.8 Å². The fourth-order valence-corrected chi connectivity index (χ4v) is 2.67. The van der Waals surface area contributed by atoms with E-state index in [1.54, 1.807) is 18.3 Å². The number of hydrogen-bond donors (Lipinski definition) is 0. The van der Waals surface area contributed by atoms with Crippen LogP contribution in [0.2, 0.25) is 5.15 Å². The molecule has 1 aromatic carbocycles. The van der Waals surface area contributed by atoms with Crippen LogP contribution in [0.1, 0.15) is 21.5 Å². The minimum atomic E-state index is 0.0296. The molecule has 2 heterocycles. The number of fused-ring (bicyclic) bond motifs is 1. The third-order valence-corrected chi connectivity index (χ3v) is 3.91. The zero-order valence-corrected chi connectivity index (χ0v) is 11.8. The second-order valence-electron chi connectivity index (χ2n) is 4.93. The smallest absolute Gasteiger partial charge is 0.255 e. The lowest BCUT2D eigenvalue weighted by Gasteiger charge is -2.20. The maximum atomic E-state index is 12.5. The molecule has 0 bridgehead atoms. The maximum Gasteiger partial charge on any atom is 0.255 e. The van der Waals surface area contributed by atoms with Gasteiger partial charge in [0, 0.05) is 19.3 Å². The van der Waals surface area contributed by atoms with Gasteiger partial charge in [0.25, 0.3) is 5.91 Å². The number of pyridine rings is 1. The average Bonchev–Trinajstić information content (AvgIpc) is 2.70. The van der Waals surface area contributed by atoms with Gasteiger partial charge in [0.15, 0.2) is 0 Å². The topological polar surface area (TPSA) is 33.2 Å². The van der Waals surface area contributed by atoms with E-state index in [9.17, 15) is 4.79 Å². The van der Waals surface area contributed by atoms with Crippen molar-refractivity contribution in [3.63, 3.8) is 0 Å². The van der Waals surface area contributed by atoms with Gasteiger partial charge in [-0.25, -0.2) is 4.98 Å². The molecule has 0 unspecified atom stereocenters. The Morgan fingerprint density at radius 2 is 1.70 bits per heavy atom. The highest BCUT2D eigenvalue weighted by molar-refractivity contribution is 6.29.